The third-order valence-electron chi connectivity index (χ3n) is 2.60. The highest BCUT2D eigenvalue weighted by atomic mass is 79.9. The van der Waals surface area contributed by atoms with Gasteiger partial charge in [0.2, 0.25) is 10.0 Å². The molecule has 7 nitrogen and oxygen atoms in total. The van der Waals surface area contributed by atoms with Gasteiger partial charge in [0.15, 0.2) is 0 Å². The zero-order chi connectivity index (χ0) is 15.7. The van der Waals surface area contributed by atoms with E-state index < -0.39 is 28.0 Å². The second-order valence-corrected chi connectivity index (χ2v) is 8.11. The average Bonchev–Trinajstić information content (AvgIpc) is 2.78. The number of methoxy groups -OCH3 is 1. The van der Waals surface area contributed by atoms with Crippen LogP contribution < -0.4 is 0 Å². The highest BCUT2D eigenvalue weighted by Crippen LogP contribution is 2.34. The van der Waals surface area contributed by atoms with E-state index >= 15 is 0 Å². The number of hydrogen-bond donors (Lipinski definition) is 1. The summed E-state index contributed by atoms with van der Waals surface area (Å²) in [6.07, 6.45) is 0. The summed E-state index contributed by atoms with van der Waals surface area (Å²) >= 11 is 3.96. The summed E-state index contributed by atoms with van der Waals surface area (Å²) in [5.74, 6) is -1.93. The number of carboxylic acid groups (broad SMARTS) is 1. The number of ether oxygens (including phenoxy) is 1. The lowest BCUT2D eigenvalue weighted by molar-refractivity contribution is -0.140. The molecule has 0 aliphatic carbocycles. The molecule has 0 radical (unpaired) electrons. The lowest BCUT2D eigenvalue weighted by atomic mass is 10.4. The molecule has 0 aromatic carbocycles. The third-order valence-corrected chi connectivity index (χ3v) is 6.76. The van der Waals surface area contributed by atoms with E-state index in [2.05, 4.69) is 20.7 Å². The smallest absolute Gasteiger partial charge is 0.348 e. The Hall–Kier alpha value is -0.970. The Morgan fingerprint density at radius 3 is 2.50 bits per heavy atom. The van der Waals surface area contributed by atoms with Crippen molar-refractivity contribution in [2.45, 2.75) is 17.9 Å². The molecule has 0 spiro atoms. The van der Waals surface area contributed by atoms with Crippen LogP contribution in [0.1, 0.15) is 16.6 Å². The van der Waals surface area contributed by atoms with E-state index in [1.807, 2.05) is 0 Å². The van der Waals surface area contributed by atoms with Gasteiger partial charge in [0.25, 0.3) is 0 Å². The van der Waals surface area contributed by atoms with Gasteiger partial charge in [-0.25, -0.2) is 13.2 Å². The van der Waals surface area contributed by atoms with Crippen LogP contribution in [0.5, 0.6) is 0 Å². The molecule has 0 aliphatic heterocycles. The largest absolute Gasteiger partial charge is 0.480 e. The molecule has 112 valence electrons. The van der Waals surface area contributed by atoms with Crippen LogP contribution in [-0.4, -0.2) is 50.0 Å². The molecular formula is C10H12BrNO6S2. The molecule has 1 heterocycles. The zero-order valence-corrected chi connectivity index (χ0v) is 14.0. The van der Waals surface area contributed by atoms with E-state index in [9.17, 15) is 18.0 Å². The Morgan fingerprint density at radius 2 is 2.05 bits per heavy atom. The van der Waals surface area contributed by atoms with Crippen LogP contribution in [0.4, 0.5) is 0 Å². The quantitative estimate of drug-likeness (QED) is 0.768. The molecule has 1 atom stereocenters. The van der Waals surface area contributed by atoms with E-state index in [1.165, 1.54) is 14.0 Å². The van der Waals surface area contributed by atoms with Crippen molar-refractivity contribution in [2.75, 3.05) is 14.2 Å². The molecule has 1 N–H and O–H groups in total. The van der Waals surface area contributed by atoms with E-state index in [1.54, 1.807) is 0 Å². The predicted molar refractivity (Wildman–Crippen MR) is 75.4 cm³/mol. The summed E-state index contributed by atoms with van der Waals surface area (Å²) in [6.45, 7) is 1.25. The van der Waals surface area contributed by atoms with E-state index in [0.29, 0.717) is 0 Å². The lowest BCUT2D eigenvalue weighted by Gasteiger charge is -2.20. The molecule has 0 saturated carbocycles. The highest BCUT2D eigenvalue weighted by Gasteiger charge is 2.32. The predicted octanol–water partition coefficient (Wildman–Crippen LogP) is 1.39. The van der Waals surface area contributed by atoms with Gasteiger partial charge in [-0.15, -0.1) is 11.3 Å². The van der Waals surface area contributed by atoms with Crippen LogP contribution in [-0.2, 0) is 19.6 Å². The van der Waals surface area contributed by atoms with Crippen LogP contribution in [0.3, 0.4) is 0 Å². The van der Waals surface area contributed by atoms with Crippen molar-refractivity contribution in [3.05, 3.63) is 14.7 Å². The SMILES string of the molecule is COC(=O)c1cc(S(=O)(=O)N(C)C(C)C(=O)O)c(Br)s1. The number of esters is 1. The van der Waals surface area contributed by atoms with Crippen molar-refractivity contribution in [1.29, 1.82) is 0 Å². The molecule has 1 rings (SSSR count). The normalized spacial score (nSPS) is 13.2. The van der Waals surface area contributed by atoms with Crippen molar-refractivity contribution in [2.24, 2.45) is 0 Å². The number of hydrogen-bond acceptors (Lipinski definition) is 6. The molecule has 0 amide bonds. The maximum absolute atomic E-state index is 12.3. The van der Waals surface area contributed by atoms with Crippen molar-refractivity contribution in [3.63, 3.8) is 0 Å². The molecule has 10 heteroatoms. The molecule has 0 aliphatic rings. The summed E-state index contributed by atoms with van der Waals surface area (Å²) in [5.41, 5.74) is 0. The minimum absolute atomic E-state index is 0.106. The summed E-state index contributed by atoms with van der Waals surface area (Å²) in [4.78, 5) is 22.2. The van der Waals surface area contributed by atoms with Crippen LogP contribution in [0.15, 0.2) is 14.7 Å². The Morgan fingerprint density at radius 1 is 1.50 bits per heavy atom. The second-order valence-electron chi connectivity index (χ2n) is 3.78. The van der Waals surface area contributed by atoms with Gasteiger partial charge >= 0.3 is 11.9 Å². The van der Waals surface area contributed by atoms with Crippen LogP contribution in [0.2, 0.25) is 0 Å². The monoisotopic (exact) mass is 385 g/mol. The number of nitrogens with zero attached hydrogens (tertiary/aromatic N) is 1. The molecule has 0 fully saturated rings. The van der Waals surface area contributed by atoms with Crippen LogP contribution >= 0.6 is 27.3 Å². The fourth-order valence-corrected chi connectivity index (χ4v) is 5.00. The Labute approximate surface area is 128 Å². The number of carboxylic acids is 1. The number of sulfonamides is 1. The molecular weight excluding hydrogens is 374 g/mol. The number of halogens is 1. The maximum Gasteiger partial charge on any atom is 0.348 e. The number of carbonyl (C=O) groups excluding carboxylic acids is 1. The topological polar surface area (TPSA) is 101 Å². The summed E-state index contributed by atoms with van der Waals surface area (Å²) in [6, 6.07) is -0.0746. The van der Waals surface area contributed by atoms with Crippen molar-refractivity contribution in [1.82, 2.24) is 4.31 Å². The molecule has 0 saturated heterocycles. The first-order chi connectivity index (χ1) is 9.12. The number of carbonyl (C=O) groups is 2. The van der Waals surface area contributed by atoms with Gasteiger partial charge in [-0.2, -0.15) is 4.31 Å². The van der Waals surface area contributed by atoms with Gasteiger partial charge in [0.1, 0.15) is 15.8 Å². The zero-order valence-electron chi connectivity index (χ0n) is 10.8. The molecule has 1 aromatic heterocycles. The van der Waals surface area contributed by atoms with Crippen molar-refractivity contribution >= 4 is 49.2 Å². The fourth-order valence-electron chi connectivity index (χ4n) is 1.25. The number of rotatable bonds is 5. The maximum atomic E-state index is 12.3. The van der Waals surface area contributed by atoms with Crippen LogP contribution in [0.25, 0.3) is 0 Å². The Bertz CT molecular complexity index is 638. The lowest BCUT2D eigenvalue weighted by Crippen LogP contribution is -2.40. The minimum Gasteiger partial charge on any atom is -0.480 e. The fraction of sp³-hybridized carbons (Fsp3) is 0.400. The van der Waals surface area contributed by atoms with Gasteiger partial charge in [-0.05, 0) is 28.9 Å². The first-order valence-corrected chi connectivity index (χ1v) is 8.26. The minimum atomic E-state index is -4.03. The Kier molecular flexibility index (Phi) is 5.30. The summed E-state index contributed by atoms with van der Waals surface area (Å²) in [5, 5.41) is 8.87. The van der Waals surface area contributed by atoms with Gasteiger partial charge in [-0.3, -0.25) is 4.79 Å². The molecule has 1 unspecified atom stereocenters. The van der Waals surface area contributed by atoms with E-state index in [0.717, 1.165) is 28.8 Å². The van der Waals surface area contributed by atoms with Crippen molar-refractivity contribution in [3.8, 4) is 0 Å². The molecule has 0 bridgehead atoms. The standard InChI is InChI=1S/C10H12BrNO6S2/c1-5(9(13)14)12(2)20(16,17)7-4-6(10(15)18-3)19-8(7)11/h4-5H,1-3H3,(H,13,14). The van der Waals surface area contributed by atoms with Crippen molar-refractivity contribution < 1.29 is 27.9 Å². The van der Waals surface area contributed by atoms with E-state index in [4.69, 9.17) is 5.11 Å². The van der Waals surface area contributed by atoms with Gasteiger partial charge in [0.05, 0.1) is 10.9 Å². The first-order valence-electron chi connectivity index (χ1n) is 5.21. The number of thiophene rings is 1. The van der Waals surface area contributed by atoms with Gasteiger partial charge < -0.3 is 9.84 Å². The highest BCUT2D eigenvalue weighted by molar-refractivity contribution is 9.11. The Balaban J connectivity index is 3.26. The second kappa shape index (κ2) is 6.20. The summed E-state index contributed by atoms with van der Waals surface area (Å²) in [7, 11) is -1.68. The first kappa shape index (κ1) is 17.1. The van der Waals surface area contributed by atoms with Crippen LogP contribution in [0, 0.1) is 0 Å². The van der Waals surface area contributed by atoms with Gasteiger partial charge in [0, 0.05) is 7.05 Å². The van der Waals surface area contributed by atoms with Gasteiger partial charge in [-0.1, -0.05) is 0 Å². The summed E-state index contributed by atoms with van der Waals surface area (Å²) < 4.78 is 30.1. The molecule has 1 aromatic rings. The van der Waals surface area contributed by atoms with E-state index in [-0.39, 0.29) is 13.6 Å². The molecule has 20 heavy (non-hydrogen) atoms. The number of aliphatic carboxylic acids is 1. The number of likely N-dealkylation sites (N-methyl/N-ethyl adjacent to an activating group) is 1. The average molecular weight is 386 g/mol. The third kappa shape index (κ3) is 3.19.